The minimum Gasteiger partial charge on any atom is -0.341 e. The van der Waals surface area contributed by atoms with Crippen molar-refractivity contribution >= 4 is 10.9 Å². The summed E-state index contributed by atoms with van der Waals surface area (Å²) in [6.07, 6.45) is 3.09. The second-order valence-corrected chi connectivity index (χ2v) is 5.99. The first-order valence-corrected chi connectivity index (χ1v) is 7.92. The third-order valence-electron chi connectivity index (χ3n) is 4.55. The summed E-state index contributed by atoms with van der Waals surface area (Å²) >= 11 is 0. The molecule has 0 unspecified atom stereocenters. The molecule has 2 atom stereocenters. The van der Waals surface area contributed by atoms with E-state index in [0.717, 1.165) is 17.4 Å². The molecule has 1 aromatic carbocycles. The van der Waals surface area contributed by atoms with Crippen molar-refractivity contribution in [2.24, 2.45) is 0 Å². The molecule has 2 N–H and O–H groups in total. The zero-order valence-electron chi connectivity index (χ0n) is 12.9. The van der Waals surface area contributed by atoms with Crippen LogP contribution in [0.1, 0.15) is 12.5 Å². The number of piperidine rings is 1. The summed E-state index contributed by atoms with van der Waals surface area (Å²) in [5.41, 5.74) is 0.612. The van der Waals surface area contributed by atoms with Gasteiger partial charge in [-0.2, -0.15) is 0 Å². The molecule has 0 radical (unpaired) electrons. The number of fused-ring (bicyclic) bond motifs is 1. The van der Waals surface area contributed by atoms with Crippen molar-refractivity contribution in [1.29, 1.82) is 0 Å². The lowest BCUT2D eigenvalue weighted by atomic mass is 10.0. The molecule has 24 heavy (non-hydrogen) atoms. The van der Waals surface area contributed by atoms with Gasteiger partial charge < -0.3 is 9.88 Å². The van der Waals surface area contributed by atoms with Gasteiger partial charge in [-0.15, -0.1) is 0 Å². The minimum absolute atomic E-state index is 0.216. The van der Waals surface area contributed by atoms with Gasteiger partial charge in [-0.1, -0.05) is 6.07 Å². The van der Waals surface area contributed by atoms with Gasteiger partial charge in [-0.3, -0.25) is 14.3 Å². The largest absolute Gasteiger partial charge is 0.341 e. The highest BCUT2D eigenvalue weighted by Gasteiger charge is 2.27. The molecule has 6 nitrogen and oxygen atoms in total. The van der Waals surface area contributed by atoms with E-state index in [-0.39, 0.29) is 6.04 Å². The fraction of sp³-hybridized carbons (Fsp3) is 0.294. The fourth-order valence-corrected chi connectivity index (χ4v) is 3.40. The molecule has 2 aromatic heterocycles. The van der Waals surface area contributed by atoms with E-state index >= 15 is 0 Å². The average Bonchev–Trinajstić information content (AvgIpc) is 2.99. The molecule has 3 aromatic rings. The normalized spacial score (nSPS) is 21.2. The van der Waals surface area contributed by atoms with Crippen molar-refractivity contribution in [1.82, 2.24) is 19.4 Å². The second kappa shape index (κ2) is 5.76. The Balaban J connectivity index is 1.88. The van der Waals surface area contributed by atoms with E-state index in [2.05, 4.69) is 10.3 Å². The lowest BCUT2D eigenvalue weighted by Crippen LogP contribution is -2.39. The average molecular weight is 328 g/mol. The van der Waals surface area contributed by atoms with Crippen molar-refractivity contribution in [3.05, 3.63) is 63.6 Å². The number of H-pyrrole nitrogens is 1. The molecule has 0 bridgehead atoms. The number of halogens is 1. The number of hydrogen-bond donors (Lipinski definition) is 2. The standard InChI is InChI=1S/C17H17FN4O2/c18-12-10-19-7-4-15(12)21-8-5-11-13(21)2-1-3-14(11)22-9-6-16(23)20-17(22)24/h1-3,5-6,8-9,12,15,19H,4,7,10H2,(H,20,23,24)/t12-,15+/m0/s1. The van der Waals surface area contributed by atoms with Gasteiger partial charge in [0.05, 0.1) is 17.2 Å². The maximum Gasteiger partial charge on any atom is 0.332 e. The molecular formula is C17H17FN4O2. The fourth-order valence-electron chi connectivity index (χ4n) is 3.40. The molecule has 1 aliphatic heterocycles. The van der Waals surface area contributed by atoms with Crippen LogP contribution in [0.4, 0.5) is 4.39 Å². The van der Waals surface area contributed by atoms with Crippen molar-refractivity contribution < 1.29 is 4.39 Å². The summed E-state index contributed by atoms with van der Waals surface area (Å²) in [7, 11) is 0. The highest BCUT2D eigenvalue weighted by molar-refractivity contribution is 5.88. The predicted molar refractivity (Wildman–Crippen MR) is 89.6 cm³/mol. The van der Waals surface area contributed by atoms with E-state index in [9.17, 15) is 14.0 Å². The van der Waals surface area contributed by atoms with Crippen LogP contribution in [0.25, 0.3) is 16.6 Å². The second-order valence-electron chi connectivity index (χ2n) is 5.99. The number of alkyl halides is 1. The number of hydrogen-bond acceptors (Lipinski definition) is 3. The van der Waals surface area contributed by atoms with Gasteiger partial charge >= 0.3 is 5.69 Å². The summed E-state index contributed by atoms with van der Waals surface area (Å²) in [5, 5.41) is 3.90. The van der Waals surface area contributed by atoms with Crippen LogP contribution in [0.2, 0.25) is 0 Å². The molecule has 1 aliphatic rings. The zero-order valence-corrected chi connectivity index (χ0v) is 12.9. The Hall–Kier alpha value is -2.67. The molecule has 0 amide bonds. The first-order valence-electron chi connectivity index (χ1n) is 7.92. The molecule has 1 fully saturated rings. The monoisotopic (exact) mass is 328 g/mol. The van der Waals surface area contributed by atoms with Crippen LogP contribution in [-0.2, 0) is 0 Å². The summed E-state index contributed by atoms with van der Waals surface area (Å²) in [4.78, 5) is 25.6. The van der Waals surface area contributed by atoms with E-state index in [1.807, 2.05) is 35.0 Å². The topological polar surface area (TPSA) is 71.8 Å². The van der Waals surface area contributed by atoms with Gasteiger partial charge in [0.25, 0.3) is 5.56 Å². The van der Waals surface area contributed by atoms with Crippen LogP contribution in [0, 0.1) is 0 Å². The summed E-state index contributed by atoms with van der Waals surface area (Å²) in [6.45, 7) is 1.13. The Morgan fingerprint density at radius 2 is 2.00 bits per heavy atom. The Bertz CT molecular complexity index is 1000. The van der Waals surface area contributed by atoms with E-state index < -0.39 is 17.4 Å². The lowest BCUT2D eigenvalue weighted by Gasteiger charge is -2.28. The zero-order chi connectivity index (χ0) is 16.7. The summed E-state index contributed by atoms with van der Waals surface area (Å²) in [5.74, 6) is 0. The lowest BCUT2D eigenvalue weighted by molar-refractivity contribution is 0.187. The molecule has 1 saturated heterocycles. The summed E-state index contributed by atoms with van der Waals surface area (Å²) in [6, 6.07) is 8.54. The van der Waals surface area contributed by atoms with Gasteiger partial charge in [0.1, 0.15) is 6.17 Å². The smallest absolute Gasteiger partial charge is 0.332 e. The minimum atomic E-state index is -0.950. The molecule has 0 aliphatic carbocycles. The molecule has 0 saturated carbocycles. The third-order valence-corrected chi connectivity index (χ3v) is 4.55. The first-order chi connectivity index (χ1) is 11.6. The van der Waals surface area contributed by atoms with Crippen molar-refractivity contribution in [3.63, 3.8) is 0 Å². The van der Waals surface area contributed by atoms with E-state index in [1.165, 1.54) is 16.8 Å². The van der Waals surface area contributed by atoms with Crippen LogP contribution in [0.3, 0.4) is 0 Å². The number of aromatic amines is 1. The highest BCUT2D eigenvalue weighted by Crippen LogP contribution is 2.30. The van der Waals surface area contributed by atoms with Gasteiger partial charge in [0, 0.05) is 30.4 Å². The quantitative estimate of drug-likeness (QED) is 0.746. The van der Waals surface area contributed by atoms with Crippen LogP contribution >= 0.6 is 0 Å². The van der Waals surface area contributed by atoms with Crippen molar-refractivity contribution in [3.8, 4) is 5.69 Å². The number of rotatable bonds is 2. The molecule has 124 valence electrons. The van der Waals surface area contributed by atoms with Crippen LogP contribution in [0.15, 0.2) is 52.3 Å². The van der Waals surface area contributed by atoms with Gasteiger partial charge in [0.2, 0.25) is 0 Å². The van der Waals surface area contributed by atoms with Crippen LogP contribution in [0.5, 0.6) is 0 Å². The summed E-state index contributed by atoms with van der Waals surface area (Å²) < 4.78 is 17.6. The van der Waals surface area contributed by atoms with E-state index in [0.29, 0.717) is 18.7 Å². The first kappa shape index (κ1) is 14.9. The van der Waals surface area contributed by atoms with Crippen LogP contribution in [-0.4, -0.2) is 33.4 Å². The SMILES string of the molecule is O=c1ccn(-c2cccc3c2ccn3[C@@H]2CCNC[C@@H]2F)c(=O)[nH]1. The third kappa shape index (κ3) is 2.37. The number of benzene rings is 1. The molecule has 0 spiro atoms. The Morgan fingerprint density at radius 3 is 2.79 bits per heavy atom. The maximum absolute atomic E-state index is 14.3. The predicted octanol–water partition coefficient (Wildman–Crippen LogP) is 1.35. The molecular weight excluding hydrogens is 311 g/mol. The maximum atomic E-state index is 14.3. The Morgan fingerprint density at radius 1 is 1.12 bits per heavy atom. The van der Waals surface area contributed by atoms with Crippen molar-refractivity contribution in [2.75, 3.05) is 13.1 Å². The van der Waals surface area contributed by atoms with Crippen LogP contribution < -0.4 is 16.6 Å². The molecule has 7 heteroatoms. The Kier molecular flexibility index (Phi) is 3.57. The molecule has 4 rings (SSSR count). The van der Waals surface area contributed by atoms with Gasteiger partial charge in [-0.05, 0) is 31.2 Å². The molecule has 3 heterocycles. The van der Waals surface area contributed by atoms with E-state index in [1.54, 1.807) is 0 Å². The number of aromatic nitrogens is 3. The highest BCUT2D eigenvalue weighted by atomic mass is 19.1. The van der Waals surface area contributed by atoms with Gasteiger partial charge in [0.15, 0.2) is 0 Å². The Labute approximate surface area is 136 Å². The number of nitrogens with zero attached hydrogens (tertiary/aromatic N) is 2. The van der Waals surface area contributed by atoms with Crippen molar-refractivity contribution in [2.45, 2.75) is 18.6 Å². The van der Waals surface area contributed by atoms with Gasteiger partial charge in [-0.25, -0.2) is 9.18 Å². The van der Waals surface area contributed by atoms with E-state index in [4.69, 9.17) is 0 Å². The number of nitrogens with one attached hydrogen (secondary N) is 2.